The summed E-state index contributed by atoms with van der Waals surface area (Å²) in [4.78, 5) is 9.41. The van der Waals surface area contributed by atoms with Crippen LogP contribution in [0.2, 0.25) is 0 Å². The van der Waals surface area contributed by atoms with Crippen molar-refractivity contribution in [2.24, 2.45) is 0 Å². The second-order valence-electron chi connectivity index (χ2n) is 10.8. The third kappa shape index (κ3) is 6.13. The van der Waals surface area contributed by atoms with Crippen LogP contribution in [0.25, 0.3) is 44.1 Å². The van der Waals surface area contributed by atoms with Crippen molar-refractivity contribution in [1.82, 2.24) is 9.97 Å². The van der Waals surface area contributed by atoms with Crippen LogP contribution in [-0.2, 0) is 12.8 Å². The third-order valence-corrected chi connectivity index (χ3v) is 7.93. The van der Waals surface area contributed by atoms with Gasteiger partial charge in [0, 0.05) is 34.3 Å². The normalized spacial score (nSPS) is 11.3. The summed E-state index contributed by atoms with van der Waals surface area (Å²) in [6.45, 7) is 0. The molecule has 2 nitrogen and oxygen atoms in total. The first-order valence-electron chi connectivity index (χ1n) is 14.7. The van der Waals surface area contributed by atoms with Gasteiger partial charge in [-0.3, -0.25) is 9.97 Å². The zero-order valence-electron chi connectivity index (χ0n) is 23.1. The minimum absolute atomic E-state index is 1.08. The molecule has 0 amide bonds. The lowest BCUT2D eigenvalue weighted by atomic mass is 9.98. The molecule has 0 atom stereocenters. The Hall–Kier alpha value is -4.30. The zero-order valence-corrected chi connectivity index (χ0v) is 23.1. The van der Waals surface area contributed by atoms with Gasteiger partial charge in [-0.05, 0) is 71.8 Å². The number of hydrogen-bond acceptors (Lipinski definition) is 2. The highest BCUT2D eigenvalue weighted by Crippen LogP contribution is 2.28. The Morgan fingerprint density at radius 2 is 0.850 bits per heavy atom. The Morgan fingerprint density at radius 1 is 0.400 bits per heavy atom. The van der Waals surface area contributed by atoms with E-state index < -0.39 is 0 Å². The molecule has 0 aliphatic carbocycles. The predicted molar refractivity (Wildman–Crippen MR) is 169 cm³/mol. The second kappa shape index (κ2) is 12.7. The van der Waals surface area contributed by atoms with Gasteiger partial charge in [0.15, 0.2) is 0 Å². The van der Waals surface area contributed by atoms with Gasteiger partial charge in [-0.2, -0.15) is 0 Å². The number of aromatic nitrogens is 2. The van der Waals surface area contributed by atoms with Crippen molar-refractivity contribution < 1.29 is 0 Å². The van der Waals surface area contributed by atoms with Gasteiger partial charge in [0.05, 0.1) is 11.4 Å². The molecule has 0 saturated carbocycles. The molecule has 0 saturated heterocycles. The quantitative estimate of drug-likeness (QED) is 0.159. The van der Waals surface area contributed by atoms with Gasteiger partial charge < -0.3 is 0 Å². The number of aryl methyl sites for hydroxylation is 2. The molecule has 0 radical (unpaired) electrons. The lowest BCUT2D eigenvalue weighted by Gasteiger charge is -2.09. The smallest absolute Gasteiger partial charge is 0.0780 e. The number of hydrogen-bond donors (Lipinski definition) is 0. The van der Waals surface area contributed by atoms with E-state index in [0.717, 1.165) is 24.2 Å². The minimum atomic E-state index is 1.08. The fraction of sp³-hybridized carbons (Fsp3) is 0.211. The fourth-order valence-corrected chi connectivity index (χ4v) is 5.81. The lowest BCUT2D eigenvalue weighted by molar-refractivity contribution is 0.594. The Kier molecular flexibility index (Phi) is 8.24. The van der Waals surface area contributed by atoms with Crippen molar-refractivity contribution in [3.63, 3.8) is 0 Å². The first-order valence-corrected chi connectivity index (χ1v) is 14.7. The molecule has 0 aliphatic rings. The standard InChI is InChI=1S/C38H36N2/c1(3-5-13-29-15-11-19-33(27-29)37-35-21-9-7-17-31(35)23-25-39-37)2-4-6-14-30-16-12-20-34(28-30)38-36-22-10-8-18-32(36)24-26-40-38/h7-12,15-28H,1-6,13-14H2. The maximum absolute atomic E-state index is 4.71. The summed E-state index contributed by atoms with van der Waals surface area (Å²) in [5.74, 6) is 0. The van der Waals surface area contributed by atoms with E-state index in [-0.39, 0.29) is 0 Å². The minimum Gasteiger partial charge on any atom is -0.256 e. The van der Waals surface area contributed by atoms with Crippen LogP contribution < -0.4 is 0 Å². The molecule has 0 bridgehead atoms. The topological polar surface area (TPSA) is 25.8 Å². The molecule has 6 rings (SSSR count). The van der Waals surface area contributed by atoms with E-state index in [9.17, 15) is 0 Å². The molecule has 0 spiro atoms. The molecule has 4 aromatic carbocycles. The first kappa shape index (κ1) is 26.0. The average Bonchev–Trinajstić information content (AvgIpc) is 3.02. The summed E-state index contributed by atoms with van der Waals surface area (Å²) in [5, 5.41) is 4.93. The molecule has 0 unspecified atom stereocenters. The molecule has 6 aromatic rings. The Morgan fingerprint density at radius 3 is 1.35 bits per heavy atom. The highest BCUT2D eigenvalue weighted by atomic mass is 14.7. The van der Waals surface area contributed by atoms with Crippen molar-refractivity contribution in [3.05, 3.63) is 133 Å². The summed E-state index contributed by atoms with van der Waals surface area (Å²) in [7, 11) is 0. The van der Waals surface area contributed by atoms with E-state index in [2.05, 4.69) is 109 Å². The molecular formula is C38H36N2. The van der Waals surface area contributed by atoms with E-state index >= 15 is 0 Å². The largest absolute Gasteiger partial charge is 0.256 e. The average molecular weight is 521 g/mol. The van der Waals surface area contributed by atoms with Crippen LogP contribution in [0, 0.1) is 0 Å². The third-order valence-electron chi connectivity index (χ3n) is 7.93. The number of fused-ring (bicyclic) bond motifs is 2. The van der Waals surface area contributed by atoms with Crippen LogP contribution in [-0.4, -0.2) is 9.97 Å². The molecule has 0 N–H and O–H groups in total. The van der Waals surface area contributed by atoms with Crippen LogP contribution in [0.3, 0.4) is 0 Å². The van der Waals surface area contributed by atoms with Crippen LogP contribution in [0.5, 0.6) is 0 Å². The van der Waals surface area contributed by atoms with Gasteiger partial charge in [0.25, 0.3) is 0 Å². The first-order chi connectivity index (χ1) is 19.8. The van der Waals surface area contributed by atoms with Gasteiger partial charge in [0.1, 0.15) is 0 Å². The fourth-order valence-electron chi connectivity index (χ4n) is 5.81. The highest BCUT2D eigenvalue weighted by Gasteiger charge is 2.07. The Labute approximate surface area is 237 Å². The molecule has 2 heterocycles. The highest BCUT2D eigenvalue weighted by molar-refractivity contribution is 5.95. The maximum Gasteiger partial charge on any atom is 0.0780 e. The van der Waals surface area contributed by atoms with Crippen LogP contribution >= 0.6 is 0 Å². The van der Waals surface area contributed by atoms with E-state index in [1.165, 1.54) is 82.3 Å². The van der Waals surface area contributed by atoms with Gasteiger partial charge in [-0.25, -0.2) is 0 Å². The van der Waals surface area contributed by atoms with Gasteiger partial charge in [0.2, 0.25) is 0 Å². The van der Waals surface area contributed by atoms with E-state index in [4.69, 9.17) is 9.97 Å². The van der Waals surface area contributed by atoms with Crippen molar-refractivity contribution in [1.29, 1.82) is 0 Å². The van der Waals surface area contributed by atoms with Gasteiger partial charge in [-0.15, -0.1) is 0 Å². The van der Waals surface area contributed by atoms with Gasteiger partial charge >= 0.3 is 0 Å². The zero-order chi connectivity index (χ0) is 27.0. The number of nitrogens with zero attached hydrogens (tertiary/aromatic N) is 2. The Balaban J connectivity index is 0.951. The Bertz CT molecular complexity index is 1580. The van der Waals surface area contributed by atoms with E-state index in [1.807, 2.05) is 12.4 Å². The number of pyridine rings is 2. The molecule has 2 heteroatoms. The summed E-state index contributed by atoms with van der Waals surface area (Å²) < 4.78 is 0. The van der Waals surface area contributed by atoms with Crippen LogP contribution in [0.4, 0.5) is 0 Å². The van der Waals surface area contributed by atoms with E-state index in [1.54, 1.807) is 0 Å². The lowest BCUT2D eigenvalue weighted by Crippen LogP contribution is -1.91. The molecule has 198 valence electrons. The molecule has 0 aliphatic heterocycles. The molecule has 2 aromatic heterocycles. The van der Waals surface area contributed by atoms with Crippen molar-refractivity contribution >= 4 is 21.5 Å². The molecule has 0 fully saturated rings. The summed E-state index contributed by atoms with van der Waals surface area (Å²) in [6, 6.07) is 39.1. The van der Waals surface area contributed by atoms with Crippen LogP contribution in [0.1, 0.15) is 49.7 Å². The number of unbranched alkanes of at least 4 members (excludes halogenated alkanes) is 5. The second-order valence-corrected chi connectivity index (χ2v) is 10.8. The molecule has 40 heavy (non-hydrogen) atoms. The summed E-state index contributed by atoms with van der Waals surface area (Å²) in [5.41, 5.74) is 7.42. The van der Waals surface area contributed by atoms with Crippen molar-refractivity contribution in [3.8, 4) is 22.5 Å². The van der Waals surface area contributed by atoms with Crippen LogP contribution in [0.15, 0.2) is 122 Å². The van der Waals surface area contributed by atoms with Crippen molar-refractivity contribution in [2.45, 2.75) is 51.4 Å². The number of rotatable bonds is 11. The summed E-state index contributed by atoms with van der Waals surface area (Å²) in [6.07, 6.45) is 13.8. The SMILES string of the molecule is c1cc(CCCCCCCCc2cccc(-c3nccc4ccccc34)c2)cc(-c2nccc3ccccc23)c1. The number of benzene rings is 4. The van der Waals surface area contributed by atoms with Crippen molar-refractivity contribution in [2.75, 3.05) is 0 Å². The molecular weight excluding hydrogens is 484 g/mol. The monoisotopic (exact) mass is 520 g/mol. The van der Waals surface area contributed by atoms with Gasteiger partial charge in [-0.1, -0.05) is 111 Å². The summed E-state index contributed by atoms with van der Waals surface area (Å²) >= 11 is 0. The predicted octanol–water partition coefficient (Wildman–Crippen LogP) is 10.2. The van der Waals surface area contributed by atoms with E-state index in [0.29, 0.717) is 0 Å². The maximum atomic E-state index is 4.71.